The highest BCUT2D eigenvalue weighted by molar-refractivity contribution is 6.43. The lowest BCUT2D eigenvalue weighted by Crippen LogP contribution is -2.02. The van der Waals surface area contributed by atoms with Gasteiger partial charge in [-0.05, 0) is 13.3 Å². The molecule has 0 aliphatic rings. The lowest BCUT2D eigenvalue weighted by Gasteiger charge is -1.98. The Balaban J connectivity index is 4.21. The first-order chi connectivity index (χ1) is 4.09. The summed E-state index contributed by atoms with van der Waals surface area (Å²) in [5, 5.41) is 7.59. The number of nitrogens with two attached hydrogens (primary N) is 1. The van der Waals surface area contributed by atoms with Crippen molar-refractivity contribution in [1.82, 2.24) is 0 Å². The molecule has 0 amide bonds. The zero-order valence-electron chi connectivity index (χ0n) is 5.66. The molecule has 0 bridgehead atoms. The maximum absolute atomic E-state index is 7.20. The first-order valence-electron chi connectivity index (χ1n) is 2.79. The third-order valence-corrected chi connectivity index (χ3v) is 1.49. The van der Waals surface area contributed by atoms with E-state index in [-0.39, 0.29) is 0 Å². The van der Waals surface area contributed by atoms with E-state index in [1.165, 1.54) is 0 Å². The standard InChI is InChI=1S/C6H11ClN2/c1-3-5(9)6(7)4(2)8/h9H,3,8H2,1-2H3/b6-4+,9-5?. The maximum atomic E-state index is 7.20. The molecule has 52 valence electrons. The Morgan fingerprint density at radius 3 is 2.22 bits per heavy atom. The van der Waals surface area contributed by atoms with Crippen molar-refractivity contribution in [3.8, 4) is 0 Å². The molecule has 0 fully saturated rings. The quantitative estimate of drug-likeness (QED) is 0.574. The van der Waals surface area contributed by atoms with E-state index in [2.05, 4.69) is 0 Å². The normalized spacial score (nSPS) is 12.8. The average Bonchev–Trinajstić information content (AvgIpc) is 1.84. The van der Waals surface area contributed by atoms with Crippen LogP contribution in [0.5, 0.6) is 0 Å². The second-order valence-electron chi connectivity index (χ2n) is 1.83. The van der Waals surface area contributed by atoms with E-state index in [0.29, 0.717) is 22.9 Å². The highest BCUT2D eigenvalue weighted by Gasteiger charge is 1.99. The summed E-state index contributed by atoms with van der Waals surface area (Å²) >= 11 is 5.60. The molecule has 2 nitrogen and oxygen atoms in total. The van der Waals surface area contributed by atoms with Crippen LogP contribution < -0.4 is 5.73 Å². The fraction of sp³-hybridized carbons (Fsp3) is 0.500. The van der Waals surface area contributed by atoms with Gasteiger partial charge in [-0.2, -0.15) is 0 Å². The molecule has 9 heavy (non-hydrogen) atoms. The number of hydrogen-bond acceptors (Lipinski definition) is 2. The van der Waals surface area contributed by atoms with Gasteiger partial charge in [0.1, 0.15) is 0 Å². The van der Waals surface area contributed by atoms with Crippen LogP contribution in [0.15, 0.2) is 10.7 Å². The van der Waals surface area contributed by atoms with Crippen LogP contribution in [0.1, 0.15) is 20.3 Å². The van der Waals surface area contributed by atoms with Crippen molar-refractivity contribution in [3.05, 3.63) is 10.7 Å². The molecule has 0 aromatic rings. The van der Waals surface area contributed by atoms with Crippen LogP contribution in [0.4, 0.5) is 0 Å². The number of nitrogens with one attached hydrogen (secondary N) is 1. The van der Waals surface area contributed by atoms with Gasteiger partial charge >= 0.3 is 0 Å². The predicted molar refractivity (Wildman–Crippen MR) is 40.8 cm³/mol. The molecule has 3 N–H and O–H groups in total. The van der Waals surface area contributed by atoms with Gasteiger partial charge in [-0.3, -0.25) is 0 Å². The third-order valence-electron chi connectivity index (χ3n) is 0.965. The second kappa shape index (κ2) is 3.51. The molecule has 0 spiro atoms. The molecule has 0 aliphatic carbocycles. The van der Waals surface area contributed by atoms with Crippen LogP contribution in [-0.2, 0) is 0 Å². The molecule has 0 saturated heterocycles. The van der Waals surface area contributed by atoms with Gasteiger partial charge in [0.2, 0.25) is 0 Å². The smallest absolute Gasteiger partial charge is 0.0797 e. The van der Waals surface area contributed by atoms with E-state index in [1.54, 1.807) is 6.92 Å². The van der Waals surface area contributed by atoms with Gasteiger partial charge in [-0.1, -0.05) is 18.5 Å². The summed E-state index contributed by atoms with van der Waals surface area (Å²) in [6.07, 6.45) is 0.632. The summed E-state index contributed by atoms with van der Waals surface area (Å²) < 4.78 is 0. The predicted octanol–water partition coefficient (Wildman–Crippen LogP) is 1.85. The Hall–Kier alpha value is -0.500. The van der Waals surface area contributed by atoms with Crippen molar-refractivity contribution >= 4 is 17.3 Å². The topological polar surface area (TPSA) is 49.9 Å². The SMILES string of the molecule is CCC(=N)/C(Cl)=C(/C)N. The Morgan fingerprint density at radius 1 is 1.67 bits per heavy atom. The van der Waals surface area contributed by atoms with Crippen LogP contribution in [0.3, 0.4) is 0 Å². The third kappa shape index (κ3) is 2.51. The highest BCUT2D eigenvalue weighted by Crippen LogP contribution is 2.07. The van der Waals surface area contributed by atoms with Crippen LogP contribution in [0.25, 0.3) is 0 Å². The van der Waals surface area contributed by atoms with Gasteiger partial charge in [0.05, 0.1) is 10.7 Å². The molecule has 0 aromatic heterocycles. The molecule has 0 saturated carbocycles. The average molecular weight is 147 g/mol. The monoisotopic (exact) mass is 146 g/mol. The van der Waals surface area contributed by atoms with E-state index in [0.717, 1.165) is 0 Å². The van der Waals surface area contributed by atoms with Crippen molar-refractivity contribution < 1.29 is 0 Å². The van der Waals surface area contributed by atoms with Gasteiger partial charge in [0.25, 0.3) is 0 Å². The second-order valence-corrected chi connectivity index (χ2v) is 2.21. The molecular formula is C6H11ClN2. The molecule has 0 unspecified atom stereocenters. The summed E-state index contributed by atoms with van der Waals surface area (Å²) in [6, 6.07) is 0. The molecule has 0 radical (unpaired) electrons. The Kier molecular flexibility index (Phi) is 3.32. The summed E-state index contributed by atoms with van der Waals surface area (Å²) in [5.74, 6) is 0. The number of rotatable bonds is 2. The van der Waals surface area contributed by atoms with Crippen molar-refractivity contribution in [2.24, 2.45) is 5.73 Å². The number of allylic oxidation sites excluding steroid dienone is 2. The lowest BCUT2D eigenvalue weighted by atomic mass is 10.2. The Bertz CT molecular complexity index is 145. The first kappa shape index (κ1) is 8.50. The number of halogens is 1. The Labute approximate surface area is 60.2 Å². The summed E-state index contributed by atoms with van der Waals surface area (Å²) in [7, 11) is 0. The Morgan fingerprint density at radius 2 is 2.11 bits per heavy atom. The van der Waals surface area contributed by atoms with Gasteiger partial charge in [-0.15, -0.1) is 0 Å². The van der Waals surface area contributed by atoms with Crippen LogP contribution in [0, 0.1) is 5.41 Å². The van der Waals surface area contributed by atoms with Gasteiger partial charge in [0.15, 0.2) is 0 Å². The molecule has 0 aliphatic heterocycles. The molecule has 0 rings (SSSR count). The van der Waals surface area contributed by atoms with Crippen molar-refractivity contribution in [2.75, 3.05) is 0 Å². The van der Waals surface area contributed by atoms with Crippen molar-refractivity contribution in [1.29, 1.82) is 5.41 Å². The van der Waals surface area contributed by atoms with Crippen LogP contribution >= 0.6 is 11.6 Å². The maximum Gasteiger partial charge on any atom is 0.0797 e. The minimum Gasteiger partial charge on any atom is -0.401 e. The van der Waals surface area contributed by atoms with E-state index >= 15 is 0 Å². The van der Waals surface area contributed by atoms with E-state index < -0.39 is 0 Å². The minimum atomic E-state index is 0.387. The molecule has 3 heteroatoms. The van der Waals surface area contributed by atoms with Gasteiger partial charge < -0.3 is 11.1 Å². The number of hydrogen-bond donors (Lipinski definition) is 2. The highest BCUT2D eigenvalue weighted by atomic mass is 35.5. The summed E-state index contributed by atoms with van der Waals surface area (Å²) in [6.45, 7) is 3.56. The van der Waals surface area contributed by atoms with Crippen molar-refractivity contribution in [3.63, 3.8) is 0 Å². The molecular weight excluding hydrogens is 136 g/mol. The molecule has 0 aromatic carbocycles. The van der Waals surface area contributed by atoms with Gasteiger partial charge in [-0.25, -0.2) is 0 Å². The van der Waals surface area contributed by atoms with E-state index in [4.69, 9.17) is 22.7 Å². The minimum absolute atomic E-state index is 0.387. The molecule has 0 heterocycles. The molecule has 0 atom stereocenters. The van der Waals surface area contributed by atoms with E-state index in [1.807, 2.05) is 6.92 Å². The zero-order valence-corrected chi connectivity index (χ0v) is 6.42. The van der Waals surface area contributed by atoms with E-state index in [9.17, 15) is 0 Å². The van der Waals surface area contributed by atoms with Crippen molar-refractivity contribution in [2.45, 2.75) is 20.3 Å². The lowest BCUT2D eigenvalue weighted by molar-refractivity contribution is 1.22. The van der Waals surface area contributed by atoms with Crippen LogP contribution in [-0.4, -0.2) is 5.71 Å². The fourth-order valence-corrected chi connectivity index (χ4v) is 0.527. The van der Waals surface area contributed by atoms with Crippen LogP contribution in [0.2, 0.25) is 0 Å². The largest absolute Gasteiger partial charge is 0.401 e. The summed E-state index contributed by atoms with van der Waals surface area (Å²) in [5.41, 5.74) is 6.24. The fourth-order valence-electron chi connectivity index (χ4n) is 0.393. The summed E-state index contributed by atoms with van der Waals surface area (Å²) in [4.78, 5) is 0. The first-order valence-corrected chi connectivity index (χ1v) is 3.17. The zero-order chi connectivity index (χ0) is 7.44. The van der Waals surface area contributed by atoms with Gasteiger partial charge in [0, 0.05) is 5.70 Å².